The first kappa shape index (κ1) is 20.0. The highest BCUT2D eigenvalue weighted by Gasteiger charge is 2.17. The predicted molar refractivity (Wildman–Crippen MR) is 112 cm³/mol. The molecular weight excluding hydrogens is 429 g/mol. The van der Waals surface area contributed by atoms with Gasteiger partial charge in [0.1, 0.15) is 11.6 Å². The molecule has 4 aromatic rings. The molecule has 4 rings (SSSR count). The van der Waals surface area contributed by atoms with Crippen LogP contribution in [0.15, 0.2) is 70.2 Å². The zero-order valence-corrected chi connectivity index (χ0v) is 17.1. The third-order valence-electron chi connectivity index (χ3n) is 4.23. The number of amides is 1. The second kappa shape index (κ2) is 8.25. The number of carbonyl (C=O) groups is 1. The Morgan fingerprint density at radius 1 is 1.13 bits per heavy atom. The molecule has 0 aliphatic heterocycles. The first-order valence-electron chi connectivity index (χ1n) is 8.90. The summed E-state index contributed by atoms with van der Waals surface area (Å²) in [5.41, 5.74) is 1.00. The molecule has 0 saturated carbocycles. The molecule has 0 saturated heterocycles. The van der Waals surface area contributed by atoms with Crippen molar-refractivity contribution in [2.75, 3.05) is 11.3 Å². The Hall–Kier alpha value is -3.24. The average molecular weight is 445 g/mol. The van der Waals surface area contributed by atoms with E-state index in [1.807, 2.05) is 6.07 Å². The first-order valence-corrected chi connectivity index (χ1v) is 11.2. The zero-order valence-electron chi connectivity index (χ0n) is 15.5. The van der Waals surface area contributed by atoms with Gasteiger partial charge in [-0.25, -0.2) is 17.8 Å². The number of benzene rings is 2. The van der Waals surface area contributed by atoms with E-state index < -0.39 is 15.8 Å². The van der Waals surface area contributed by atoms with Crippen LogP contribution in [0, 0.1) is 5.82 Å². The van der Waals surface area contributed by atoms with Gasteiger partial charge in [-0.2, -0.15) is 0 Å². The number of thiazole rings is 1. The number of furan rings is 1. The van der Waals surface area contributed by atoms with Gasteiger partial charge in [-0.05, 0) is 54.6 Å². The van der Waals surface area contributed by atoms with Crippen molar-refractivity contribution < 1.29 is 22.0 Å². The van der Waals surface area contributed by atoms with Gasteiger partial charge in [0, 0.05) is 18.5 Å². The topological polar surface area (TPSA) is 101 Å². The minimum Gasteiger partial charge on any atom is -0.469 e. The molecule has 0 unspecified atom stereocenters. The molecular formula is C20H16FN3O4S2. The Bertz CT molecular complexity index is 1280. The maximum absolute atomic E-state index is 13.0. The lowest BCUT2D eigenvalue weighted by Gasteiger charge is -2.04. The molecule has 2 heterocycles. The highest BCUT2D eigenvalue weighted by Crippen LogP contribution is 2.28. The lowest BCUT2D eigenvalue weighted by Crippen LogP contribution is -2.25. The van der Waals surface area contributed by atoms with Gasteiger partial charge in [-0.15, -0.1) is 0 Å². The Labute approximate surface area is 175 Å². The maximum Gasteiger partial charge on any atom is 0.263 e. The maximum atomic E-state index is 13.0. The highest BCUT2D eigenvalue weighted by atomic mass is 32.2. The van der Waals surface area contributed by atoms with E-state index in [1.165, 1.54) is 12.1 Å². The summed E-state index contributed by atoms with van der Waals surface area (Å²) in [6, 6.07) is 13.1. The highest BCUT2D eigenvalue weighted by molar-refractivity contribution is 7.93. The Morgan fingerprint density at radius 3 is 2.67 bits per heavy atom. The Balaban J connectivity index is 1.46. The van der Waals surface area contributed by atoms with E-state index in [0.29, 0.717) is 28.7 Å². The van der Waals surface area contributed by atoms with E-state index in [4.69, 9.17) is 4.42 Å². The first-order chi connectivity index (χ1) is 14.4. The van der Waals surface area contributed by atoms with Gasteiger partial charge in [0.25, 0.3) is 15.9 Å². The van der Waals surface area contributed by atoms with Crippen LogP contribution in [0.2, 0.25) is 0 Å². The van der Waals surface area contributed by atoms with Crippen LogP contribution in [-0.2, 0) is 16.4 Å². The summed E-state index contributed by atoms with van der Waals surface area (Å²) in [6.45, 7) is 0.426. The van der Waals surface area contributed by atoms with Crippen LogP contribution in [0.3, 0.4) is 0 Å². The van der Waals surface area contributed by atoms with Crippen LogP contribution >= 0.6 is 11.3 Å². The van der Waals surface area contributed by atoms with Gasteiger partial charge >= 0.3 is 0 Å². The number of nitrogens with one attached hydrogen (secondary N) is 2. The monoisotopic (exact) mass is 445 g/mol. The summed E-state index contributed by atoms with van der Waals surface area (Å²) >= 11 is 1.10. The van der Waals surface area contributed by atoms with Gasteiger partial charge in [0.2, 0.25) is 0 Å². The number of fused-ring (bicyclic) bond motifs is 1. The molecule has 154 valence electrons. The molecule has 30 heavy (non-hydrogen) atoms. The van der Waals surface area contributed by atoms with Gasteiger partial charge in [-0.3, -0.25) is 9.52 Å². The van der Waals surface area contributed by atoms with Crippen LogP contribution in [-0.4, -0.2) is 25.9 Å². The molecule has 0 fully saturated rings. The molecule has 0 bridgehead atoms. The van der Waals surface area contributed by atoms with Crippen molar-refractivity contribution in [3.8, 4) is 0 Å². The fourth-order valence-electron chi connectivity index (χ4n) is 2.75. The number of anilines is 1. The van der Waals surface area contributed by atoms with Crippen molar-refractivity contribution >= 4 is 42.6 Å². The molecule has 0 aliphatic carbocycles. The van der Waals surface area contributed by atoms with E-state index in [9.17, 15) is 17.6 Å². The van der Waals surface area contributed by atoms with E-state index >= 15 is 0 Å². The standard InChI is InChI=1S/C20H16FN3O4S2/c21-14-4-6-16(7-5-14)30(26,27)24-20-23-17-8-3-13(12-18(17)29-20)19(25)22-10-9-15-2-1-11-28-15/h1-8,11-12H,9-10H2,(H,22,25)(H,23,24). The molecule has 0 spiro atoms. The summed E-state index contributed by atoms with van der Waals surface area (Å²) in [6.07, 6.45) is 2.16. The lowest BCUT2D eigenvalue weighted by molar-refractivity contribution is 0.0954. The smallest absolute Gasteiger partial charge is 0.263 e. The minimum atomic E-state index is -3.89. The second-order valence-electron chi connectivity index (χ2n) is 6.35. The van der Waals surface area contributed by atoms with Gasteiger partial charge in [0.15, 0.2) is 5.13 Å². The SMILES string of the molecule is O=C(NCCc1ccco1)c1ccc2nc(NS(=O)(=O)c3ccc(F)cc3)sc2c1. The number of hydrogen-bond acceptors (Lipinski definition) is 6. The molecule has 2 aromatic heterocycles. The lowest BCUT2D eigenvalue weighted by atomic mass is 10.2. The second-order valence-corrected chi connectivity index (χ2v) is 9.06. The van der Waals surface area contributed by atoms with Gasteiger partial charge in [-0.1, -0.05) is 11.3 Å². The van der Waals surface area contributed by atoms with Crippen LogP contribution in [0.4, 0.5) is 9.52 Å². The fraction of sp³-hybridized carbons (Fsp3) is 0.100. The van der Waals surface area contributed by atoms with Crippen molar-refractivity contribution in [1.29, 1.82) is 0 Å². The van der Waals surface area contributed by atoms with E-state index in [-0.39, 0.29) is 15.9 Å². The van der Waals surface area contributed by atoms with Crippen molar-refractivity contribution in [2.45, 2.75) is 11.3 Å². The summed E-state index contributed by atoms with van der Waals surface area (Å²) in [5, 5.41) is 2.97. The number of rotatable bonds is 7. The van der Waals surface area contributed by atoms with Crippen LogP contribution in [0.5, 0.6) is 0 Å². The number of aromatic nitrogens is 1. The minimum absolute atomic E-state index is 0.0696. The van der Waals surface area contributed by atoms with E-state index in [1.54, 1.807) is 30.5 Å². The zero-order chi connectivity index (χ0) is 21.1. The average Bonchev–Trinajstić information content (AvgIpc) is 3.36. The van der Waals surface area contributed by atoms with Crippen molar-refractivity contribution in [2.24, 2.45) is 0 Å². The molecule has 7 nitrogen and oxygen atoms in total. The quantitative estimate of drug-likeness (QED) is 0.451. The van der Waals surface area contributed by atoms with Gasteiger partial charge in [0.05, 0.1) is 21.4 Å². The number of nitrogens with zero attached hydrogens (tertiary/aromatic N) is 1. The summed E-state index contributed by atoms with van der Waals surface area (Å²) in [5.74, 6) is 0.0143. The molecule has 0 radical (unpaired) electrons. The Morgan fingerprint density at radius 2 is 1.93 bits per heavy atom. The van der Waals surface area contributed by atoms with Crippen molar-refractivity contribution in [1.82, 2.24) is 10.3 Å². The number of carbonyl (C=O) groups excluding carboxylic acids is 1. The van der Waals surface area contributed by atoms with Crippen LogP contribution in [0.1, 0.15) is 16.1 Å². The Kier molecular flexibility index (Phi) is 5.51. The van der Waals surface area contributed by atoms with Crippen molar-refractivity contribution in [3.05, 3.63) is 78.0 Å². The summed E-state index contributed by atoms with van der Waals surface area (Å²) in [7, 11) is -3.89. The number of sulfonamides is 1. The summed E-state index contributed by atoms with van der Waals surface area (Å²) < 4.78 is 46.2. The number of halogens is 1. The molecule has 0 atom stereocenters. The largest absolute Gasteiger partial charge is 0.469 e. The van der Waals surface area contributed by atoms with Crippen LogP contribution in [0.25, 0.3) is 10.2 Å². The normalized spacial score (nSPS) is 11.5. The van der Waals surface area contributed by atoms with E-state index in [0.717, 1.165) is 29.2 Å². The third kappa shape index (κ3) is 4.50. The van der Waals surface area contributed by atoms with Gasteiger partial charge < -0.3 is 9.73 Å². The molecule has 1 amide bonds. The number of hydrogen-bond donors (Lipinski definition) is 2. The molecule has 10 heteroatoms. The molecule has 0 aliphatic rings. The molecule has 2 N–H and O–H groups in total. The molecule has 2 aromatic carbocycles. The summed E-state index contributed by atoms with van der Waals surface area (Å²) in [4.78, 5) is 16.5. The fourth-order valence-corrected chi connectivity index (χ4v) is 4.89. The predicted octanol–water partition coefficient (Wildman–Crippen LogP) is 3.80. The third-order valence-corrected chi connectivity index (χ3v) is 6.65. The van der Waals surface area contributed by atoms with E-state index in [2.05, 4.69) is 15.0 Å². The van der Waals surface area contributed by atoms with Crippen LogP contribution < -0.4 is 10.0 Å². The van der Waals surface area contributed by atoms with Crippen molar-refractivity contribution in [3.63, 3.8) is 0 Å².